The molecule has 0 bridgehead atoms. The van der Waals surface area contributed by atoms with Gasteiger partial charge in [-0.05, 0) is 24.4 Å². The Balaban J connectivity index is 1.98. The van der Waals surface area contributed by atoms with Crippen LogP contribution in [0.5, 0.6) is 0 Å². The fourth-order valence-electron chi connectivity index (χ4n) is 2.46. The second kappa shape index (κ2) is 6.43. The minimum absolute atomic E-state index is 0.645. The minimum atomic E-state index is 0.645. The Labute approximate surface area is 109 Å². The highest BCUT2D eigenvalue weighted by Gasteiger charge is 2.20. The summed E-state index contributed by atoms with van der Waals surface area (Å²) in [4.78, 5) is 2.45. The molecule has 0 saturated carbocycles. The van der Waals surface area contributed by atoms with Crippen molar-refractivity contribution in [3.05, 3.63) is 35.4 Å². The molecule has 0 aliphatic carbocycles. The van der Waals surface area contributed by atoms with E-state index in [0.29, 0.717) is 5.92 Å². The number of likely N-dealkylation sites (N-methyl/N-ethyl adjacent to an activating group) is 1. The van der Waals surface area contributed by atoms with Gasteiger partial charge in [-0.15, -0.1) is 0 Å². The largest absolute Gasteiger partial charge is 0.312 e. The topological polar surface area (TPSA) is 15.3 Å². The third-order valence-electron chi connectivity index (χ3n) is 3.41. The first-order valence-corrected chi connectivity index (χ1v) is 7.66. The van der Waals surface area contributed by atoms with Gasteiger partial charge in [-0.2, -0.15) is 11.8 Å². The summed E-state index contributed by atoms with van der Waals surface area (Å²) < 4.78 is 0. The summed E-state index contributed by atoms with van der Waals surface area (Å²) >= 11 is 1.92. The Kier molecular flexibility index (Phi) is 4.89. The summed E-state index contributed by atoms with van der Waals surface area (Å²) in [6.45, 7) is 4.48. The highest BCUT2D eigenvalue weighted by molar-refractivity contribution is 7.98. The van der Waals surface area contributed by atoms with E-state index in [1.165, 1.54) is 17.9 Å². The molecule has 0 amide bonds. The summed E-state index contributed by atoms with van der Waals surface area (Å²) in [5, 5.41) is 3.52. The lowest BCUT2D eigenvalue weighted by Gasteiger charge is -2.30. The first-order valence-electron chi connectivity index (χ1n) is 6.27. The van der Waals surface area contributed by atoms with Crippen molar-refractivity contribution >= 4 is 11.8 Å². The predicted octanol–water partition coefficient (Wildman–Crippen LogP) is 2.17. The van der Waals surface area contributed by atoms with Gasteiger partial charge in [0.2, 0.25) is 0 Å². The molecule has 0 fully saturated rings. The average molecular weight is 250 g/mol. The second-order valence-electron chi connectivity index (χ2n) is 4.78. The van der Waals surface area contributed by atoms with Crippen molar-refractivity contribution < 1.29 is 0 Å². The summed E-state index contributed by atoms with van der Waals surface area (Å²) in [7, 11) is 2.23. The van der Waals surface area contributed by atoms with E-state index in [2.05, 4.69) is 47.8 Å². The molecule has 1 aliphatic heterocycles. The molecule has 3 heteroatoms. The number of benzene rings is 1. The summed E-state index contributed by atoms with van der Waals surface area (Å²) in [5.74, 6) is 1.87. The van der Waals surface area contributed by atoms with Crippen LogP contribution in [-0.4, -0.2) is 43.6 Å². The zero-order valence-electron chi connectivity index (χ0n) is 10.8. The zero-order chi connectivity index (χ0) is 12.1. The molecule has 1 aromatic carbocycles. The zero-order valence-corrected chi connectivity index (χ0v) is 11.6. The van der Waals surface area contributed by atoms with Crippen LogP contribution in [0.2, 0.25) is 0 Å². The molecule has 17 heavy (non-hydrogen) atoms. The minimum Gasteiger partial charge on any atom is -0.312 e. The van der Waals surface area contributed by atoms with Crippen molar-refractivity contribution in [2.45, 2.75) is 12.5 Å². The number of nitrogens with zero attached hydrogens (tertiary/aromatic N) is 1. The van der Waals surface area contributed by atoms with Crippen molar-refractivity contribution in [3.8, 4) is 0 Å². The van der Waals surface area contributed by atoms with Gasteiger partial charge in [-0.3, -0.25) is 0 Å². The molecule has 0 aromatic heterocycles. The molecule has 0 saturated heterocycles. The molecular weight excluding hydrogens is 228 g/mol. The summed E-state index contributed by atoms with van der Waals surface area (Å²) in [5.41, 5.74) is 3.02. The highest BCUT2D eigenvalue weighted by atomic mass is 32.2. The molecule has 94 valence electrons. The van der Waals surface area contributed by atoms with Crippen LogP contribution in [0, 0.1) is 0 Å². The highest BCUT2D eigenvalue weighted by Crippen LogP contribution is 2.24. The quantitative estimate of drug-likeness (QED) is 0.862. The number of rotatable bonds is 5. The third-order valence-corrected chi connectivity index (χ3v) is 4.00. The number of hydrogen-bond donors (Lipinski definition) is 1. The second-order valence-corrected chi connectivity index (χ2v) is 5.77. The predicted molar refractivity (Wildman–Crippen MR) is 76.8 cm³/mol. The first kappa shape index (κ1) is 12.9. The van der Waals surface area contributed by atoms with Gasteiger partial charge in [0.1, 0.15) is 0 Å². The van der Waals surface area contributed by atoms with Gasteiger partial charge in [0.05, 0.1) is 0 Å². The molecular formula is C14H22N2S. The fraction of sp³-hybridized carbons (Fsp3) is 0.571. The van der Waals surface area contributed by atoms with Gasteiger partial charge in [0.25, 0.3) is 0 Å². The third kappa shape index (κ3) is 3.47. The van der Waals surface area contributed by atoms with Crippen molar-refractivity contribution in [2.75, 3.05) is 38.7 Å². The van der Waals surface area contributed by atoms with E-state index in [-0.39, 0.29) is 0 Å². The Morgan fingerprint density at radius 2 is 2.24 bits per heavy atom. The lowest BCUT2D eigenvalue weighted by atomic mass is 9.90. The standard InChI is InChI=1S/C14H22N2S/c1-16(7-8-17-2)11-13-10-15-9-12-5-3-4-6-14(12)13/h3-6,13,15H,7-11H2,1-2H3. The van der Waals surface area contributed by atoms with Crippen molar-refractivity contribution in [3.63, 3.8) is 0 Å². The SMILES string of the molecule is CSCCN(C)CC1CNCc2ccccc21. The maximum Gasteiger partial charge on any atom is 0.0208 e. The number of fused-ring (bicyclic) bond motifs is 1. The Hall–Kier alpha value is -0.510. The molecule has 0 spiro atoms. The van der Waals surface area contributed by atoms with Crippen molar-refractivity contribution in [2.24, 2.45) is 0 Å². The van der Waals surface area contributed by atoms with Gasteiger partial charge in [0.15, 0.2) is 0 Å². The molecule has 2 nitrogen and oxygen atoms in total. The lowest BCUT2D eigenvalue weighted by Crippen LogP contribution is -2.36. The van der Waals surface area contributed by atoms with Crippen LogP contribution in [0.4, 0.5) is 0 Å². The van der Waals surface area contributed by atoms with E-state index in [4.69, 9.17) is 0 Å². The number of hydrogen-bond acceptors (Lipinski definition) is 3. The monoisotopic (exact) mass is 250 g/mol. The van der Waals surface area contributed by atoms with Crippen LogP contribution < -0.4 is 5.32 Å². The van der Waals surface area contributed by atoms with Crippen molar-refractivity contribution in [1.29, 1.82) is 0 Å². The van der Waals surface area contributed by atoms with E-state index in [9.17, 15) is 0 Å². The summed E-state index contributed by atoms with van der Waals surface area (Å²) in [6.07, 6.45) is 2.17. The molecule has 0 radical (unpaired) electrons. The maximum atomic E-state index is 3.52. The van der Waals surface area contributed by atoms with E-state index in [1.807, 2.05) is 11.8 Å². The molecule has 1 N–H and O–H groups in total. The van der Waals surface area contributed by atoms with Crippen LogP contribution in [0.25, 0.3) is 0 Å². The smallest absolute Gasteiger partial charge is 0.0208 e. The van der Waals surface area contributed by atoms with Gasteiger partial charge >= 0.3 is 0 Å². The number of thioether (sulfide) groups is 1. The molecule has 1 atom stereocenters. The first-order chi connectivity index (χ1) is 8.31. The van der Waals surface area contributed by atoms with Crippen LogP contribution >= 0.6 is 11.8 Å². The van der Waals surface area contributed by atoms with Gasteiger partial charge in [0, 0.05) is 37.8 Å². The molecule has 1 unspecified atom stereocenters. The molecule has 1 heterocycles. The van der Waals surface area contributed by atoms with Crippen LogP contribution in [0.15, 0.2) is 24.3 Å². The van der Waals surface area contributed by atoms with Gasteiger partial charge < -0.3 is 10.2 Å². The Morgan fingerprint density at radius 1 is 1.41 bits per heavy atom. The van der Waals surface area contributed by atoms with E-state index in [1.54, 1.807) is 5.56 Å². The fourth-order valence-corrected chi connectivity index (χ4v) is 2.96. The van der Waals surface area contributed by atoms with Crippen molar-refractivity contribution in [1.82, 2.24) is 10.2 Å². The van der Waals surface area contributed by atoms with Crippen LogP contribution in [-0.2, 0) is 6.54 Å². The average Bonchev–Trinajstić information content (AvgIpc) is 2.37. The van der Waals surface area contributed by atoms with Gasteiger partial charge in [-0.1, -0.05) is 24.3 Å². The summed E-state index contributed by atoms with van der Waals surface area (Å²) in [6, 6.07) is 8.85. The molecule has 1 aromatic rings. The molecule has 2 rings (SSSR count). The molecule has 1 aliphatic rings. The lowest BCUT2D eigenvalue weighted by molar-refractivity contribution is 0.317. The van der Waals surface area contributed by atoms with E-state index < -0.39 is 0 Å². The Morgan fingerprint density at radius 3 is 3.06 bits per heavy atom. The van der Waals surface area contributed by atoms with Gasteiger partial charge in [-0.25, -0.2) is 0 Å². The Bertz CT molecular complexity index is 354. The normalized spacial score (nSPS) is 19.4. The van der Waals surface area contributed by atoms with Crippen LogP contribution in [0.1, 0.15) is 17.0 Å². The number of nitrogens with one attached hydrogen (secondary N) is 1. The maximum absolute atomic E-state index is 3.52. The van der Waals surface area contributed by atoms with E-state index >= 15 is 0 Å². The van der Waals surface area contributed by atoms with Crippen LogP contribution in [0.3, 0.4) is 0 Å². The van der Waals surface area contributed by atoms with E-state index in [0.717, 1.165) is 19.6 Å².